The van der Waals surface area contributed by atoms with Crippen molar-refractivity contribution >= 4 is 14.3 Å². The fourth-order valence-corrected chi connectivity index (χ4v) is 4.64. The summed E-state index contributed by atoms with van der Waals surface area (Å²) in [6.07, 6.45) is 9.64. The highest BCUT2D eigenvalue weighted by atomic mass is 28.4. The van der Waals surface area contributed by atoms with Crippen molar-refractivity contribution in [1.82, 2.24) is 0 Å². The lowest BCUT2D eigenvalue weighted by Gasteiger charge is -2.27. The Balaban J connectivity index is 4.18. The smallest absolute Gasteiger partial charge is 0.320 e. The Labute approximate surface area is 126 Å². The van der Waals surface area contributed by atoms with Crippen LogP contribution in [0.25, 0.3) is 0 Å². The van der Waals surface area contributed by atoms with Crippen LogP contribution < -0.4 is 0 Å². The summed E-state index contributed by atoms with van der Waals surface area (Å²) in [5.74, 6) is -0.180. The molecule has 0 rings (SSSR count). The van der Waals surface area contributed by atoms with Crippen LogP contribution in [-0.4, -0.2) is 14.3 Å². The highest BCUT2D eigenvalue weighted by molar-refractivity contribution is 6.75. The van der Waals surface area contributed by atoms with Crippen LogP contribution in [0.2, 0.25) is 18.1 Å². The van der Waals surface area contributed by atoms with Crippen LogP contribution in [0.3, 0.4) is 0 Å². The van der Waals surface area contributed by atoms with Gasteiger partial charge in [-0.2, -0.15) is 0 Å². The van der Waals surface area contributed by atoms with E-state index >= 15 is 0 Å². The lowest BCUT2D eigenvalue weighted by molar-refractivity contribution is -0.131. The van der Waals surface area contributed by atoms with Gasteiger partial charge >= 0.3 is 5.97 Å². The second kappa shape index (κ2) is 10.9. The number of allylic oxidation sites excluding steroid dienone is 2. The first kappa shape index (κ1) is 19.2. The maximum atomic E-state index is 12.1. The summed E-state index contributed by atoms with van der Waals surface area (Å²) in [4.78, 5) is 12.1. The molecule has 0 saturated carbocycles. The number of hydrogen-bond donors (Lipinski definition) is 0. The molecular weight excluding hydrogens is 264 g/mol. The van der Waals surface area contributed by atoms with E-state index in [1.165, 1.54) is 19.3 Å². The summed E-state index contributed by atoms with van der Waals surface area (Å²) >= 11 is 0. The SMILES string of the molecule is C=C(C/C=C/CCCCC)C(=O)O[Si](CC)(CC)CC. The van der Waals surface area contributed by atoms with Crippen LogP contribution in [0.15, 0.2) is 24.3 Å². The third kappa shape index (κ3) is 7.08. The molecule has 2 nitrogen and oxygen atoms in total. The molecule has 116 valence electrons. The standard InChI is InChI=1S/C17H32O2Si/c1-6-10-11-12-13-14-15-16(5)17(18)19-20(7-2,8-3)9-4/h13-14H,5-12,15H2,1-4H3/b14-13+. The molecule has 0 bridgehead atoms. The van der Waals surface area contributed by atoms with Gasteiger partial charge in [-0.15, -0.1) is 0 Å². The van der Waals surface area contributed by atoms with Gasteiger partial charge in [-0.1, -0.05) is 59.3 Å². The molecule has 3 heteroatoms. The topological polar surface area (TPSA) is 26.3 Å². The zero-order valence-electron chi connectivity index (χ0n) is 13.8. The van der Waals surface area contributed by atoms with E-state index in [1.807, 2.05) is 6.08 Å². The number of hydrogen-bond acceptors (Lipinski definition) is 2. The van der Waals surface area contributed by atoms with Crippen molar-refractivity contribution in [2.45, 2.75) is 77.9 Å². The minimum absolute atomic E-state index is 0.180. The summed E-state index contributed by atoms with van der Waals surface area (Å²) in [5.41, 5.74) is 0.587. The van der Waals surface area contributed by atoms with Crippen molar-refractivity contribution in [2.75, 3.05) is 0 Å². The molecule has 0 amide bonds. The van der Waals surface area contributed by atoms with Gasteiger partial charge in [0.1, 0.15) is 0 Å². The first-order valence-electron chi connectivity index (χ1n) is 8.11. The van der Waals surface area contributed by atoms with Gasteiger partial charge in [-0.05, 0) is 37.4 Å². The van der Waals surface area contributed by atoms with Crippen molar-refractivity contribution in [3.63, 3.8) is 0 Å². The molecule has 0 unspecified atom stereocenters. The lowest BCUT2D eigenvalue weighted by atomic mass is 10.1. The minimum atomic E-state index is -1.84. The first-order valence-corrected chi connectivity index (χ1v) is 10.6. The number of rotatable bonds is 11. The van der Waals surface area contributed by atoms with Gasteiger partial charge in [-0.25, -0.2) is 4.79 Å². The third-order valence-electron chi connectivity index (χ3n) is 4.04. The van der Waals surface area contributed by atoms with Gasteiger partial charge in [0, 0.05) is 5.57 Å². The average molecular weight is 297 g/mol. The van der Waals surface area contributed by atoms with Crippen molar-refractivity contribution in [3.05, 3.63) is 24.3 Å². The van der Waals surface area contributed by atoms with E-state index in [0.29, 0.717) is 12.0 Å². The quantitative estimate of drug-likeness (QED) is 0.214. The number of unbranched alkanes of at least 4 members (excludes halogenated alkanes) is 3. The molecule has 0 heterocycles. The minimum Gasteiger partial charge on any atom is -0.516 e. The molecule has 0 aliphatic rings. The van der Waals surface area contributed by atoms with Crippen LogP contribution in [0.5, 0.6) is 0 Å². The van der Waals surface area contributed by atoms with Crippen LogP contribution in [0, 0.1) is 0 Å². The Bertz CT molecular complexity index is 309. The van der Waals surface area contributed by atoms with Crippen molar-refractivity contribution in [3.8, 4) is 0 Å². The van der Waals surface area contributed by atoms with E-state index in [2.05, 4.69) is 40.3 Å². The lowest BCUT2D eigenvalue weighted by Crippen LogP contribution is -2.38. The molecule has 0 spiro atoms. The predicted molar refractivity (Wildman–Crippen MR) is 90.3 cm³/mol. The van der Waals surface area contributed by atoms with Crippen LogP contribution >= 0.6 is 0 Å². The molecule has 0 saturated heterocycles. The highest BCUT2D eigenvalue weighted by Gasteiger charge is 2.33. The van der Waals surface area contributed by atoms with Crippen molar-refractivity contribution in [2.24, 2.45) is 0 Å². The van der Waals surface area contributed by atoms with Gasteiger partial charge in [0.15, 0.2) is 0 Å². The van der Waals surface area contributed by atoms with Gasteiger partial charge in [0.2, 0.25) is 0 Å². The molecule has 0 aliphatic heterocycles. The summed E-state index contributed by atoms with van der Waals surface area (Å²) in [5, 5.41) is 0. The Morgan fingerprint density at radius 3 is 2.15 bits per heavy atom. The fourth-order valence-electron chi connectivity index (χ4n) is 2.17. The zero-order valence-corrected chi connectivity index (χ0v) is 14.8. The summed E-state index contributed by atoms with van der Waals surface area (Å²) in [6, 6.07) is 2.98. The van der Waals surface area contributed by atoms with Gasteiger partial charge in [0.25, 0.3) is 8.32 Å². The molecule has 0 aromatic heterocycles. The van der Waals surface area contributed by atoms with E-state index < -0.39 is 8.32 Å². The molecule has 20 heavy (non-hydrogen) atoms. The molecule has 0 fully saturated rings. The Hall–Kier alpha value is -0.833. The highest BCUT2D eigenvalue weighted by Crippen LogP contribution is 2.23. The predicted octanol–water partition coefficient (Wildman–Crippen LogP) is 5.62. The van der Waals surface area contributed by atoms with Crippen molar-refractivity contribution < 1.29 is 9.22 Å². The van der Waals surface area contributed by atoms with Gasteiger partial charge < -0.3 is 4.43 Å². The molecular formula is C17H32O2Si. The monoisotopic (exact) mass is 296 g/mol. The second-order valence-corrected chi connectivity index (χ2v) is 10.1. The van der Waals surface area contributed by atoms with E-state index in [0.717, 1.165) is 24.6 Å². The molecule has 0 aromatic rings. The van der Waals surface area contributed by atoms with E-state index in [4.69, 9.17) is 4.43 Å². The van der Waals surface area contributed by atoms with Crippen LogP contribution in [-0.2, 0) is 9.22 Å². The second-order valence-electron chi connectivity index (χ2n) is 5.41. The molecule has 0 aromatic carbocycles. The van der Waals surface area contributed by atoms with E-state index in [-0.39, 0.29) is 5.97 Å². The van der Waals surface area contributed by atoms with Crippen LogP contribution in [0.4, 0.5) is 0 Å². The zero-order chi connectivity index (χ0) is 15.4. The summed E-state index contributed by atoms with van der Waals surface area (Å²) < 4.78 is 5.81. The number of carbonyl (C=O) groups excluding carboxylic acids is 1. The van der Waals surface area contributed by atoms with E-state index in [9.17, 15) is 4.79 Å². The summed E-state index contributed by atoms with van der Waals surface area (Å²) in [6.45, 7) is 12.5. The summed E-state index contributed by atoms with van der Waals surface area (Å²) in [7, 11) is -1.84. The number of carbonyl (C=O) groups is 1. The molecule has 0 aliphatic carbocycles. The normalized spacial score (nSPS) is 11.8. The first-order chi connectivity index (χ1) is 9.55. The largest absolute Gasteiger partial charge is 0.516 e. The third-order valence-corrected chi connectivity index (χ3v) is 8.52. The molecule has 0 radical (unpaired) electrons. The van der Waals surface area contributed by atoms with Gasteiger partial charge in [-0.3, -0.25) is 0 Å². The Morgan fingerprint density at radius 1 is 1.05 bits per heavy atom. The van der Waals surface area contributed by atoms with Crippen LogP contribution in [0.1, 0.15) is 59.8 Å². The fraction of sp³-hybridized carbons (Fsp3) is 0.706. The maximum Gasteiger partial charge on any atom is 0.320 e. The maximum absolute atomic E-state index is 12.1. The average Bonchev–Trinajstić information content (AvgIpc) is 2.48. The molecule has 0 N–H and O–H groups in total. The Kier molecular flexibility index (Phi) is 10.4. The van der Waals surface area contributed by atoms with Crippen molar-refractivity contribution in [1.29, 1.82) is 0 Å². The van der Waals surface area contributed by atoms with Gasteiger partial charge in [0.05, 0.1) is 0 Å². The Morgan fingerprint density at radius 2 is 1.65 bits per heavy atom. The van der Waals surface area contributed by atoms with E-state index in [1.54, 1.807) is 0 Å². The molecule has 0 atom stereocenters.